The minimum Gasteiger partial charge on any atom is -0.457 e. The molecular formula is C120H127NO2ReRfRh. The number of benzene rings is 14. The molecule has 14 aromatic carbocycles. The Morgan fingerprint density at radius 2 is 0.611 bits per heavy atom. The molecule has 0 fully saturated rings. The Labute approximate surface area is 776 Å². The van der Waals surface area contributed by atoms with Crippen LogP contribution in [-0.4, -0.2) is 4.57 Å². The number of allylic oxidation sites excluding steroid dienone is 4. The summed E-state index contributed by atoms with van der Waals surface area (Å²) in [5.74, 6) is 4.05. The Kier molecular flexibility index (Phi) is 36.0. The fourth-order valence-corrected chi connectivity index (χ4v) is 14.1. The number of fused-ring (bicyclic) bond motifs is 1. The third-order valence-corrected chi connectivity index (χ3v) is 21.9. The molecule has 0 saturated carbocycles. The first-order chi connectivity index (χ1) is 58.7. The molecule has 0 bridgehead atoms. The molecule has 126 heavy (non-hydrogen) atoms. The minimum atomic E-state index is 0. The molecule has 1 atom stereocenters. The van der Waals surface area contributed by atoms with E-state index in [1.807, 2.05) is 84.9 Å². The van der Waals surface area contributed by atoms with Crippen LogP contribution in [0.2, 0.25) is 0 Å². The topological polar surface area (TPSA) is 23.4 Å². The van der Waals surface area contributed by atoms with Crippen LogP contribution in [0.1, 0.15) is 187 Å². The molecule has 1 aromatic heterocycles. The van der Waals surface area contributed by atoms with Gasteiger partial charge in [-0.15, -0.1) is 0 Å². The molecular weight excluding hydrogens is 2040 g/mol. The van der Waals surface area contributed by atoms with E-state index in [0.717, 1.165) is 29.4 Å². The van der Waals surface area contributed by atoms with Gasteiger partial charge in [-0.3, -0.25) is 0 Å². The van der Waals surface area contributed by atoms with Gasteiger partial charge in [0.15, 0.2) is 0 Å². The van der Waals surface area contributed by atoms with Crippen molar-refractivity contribution in [3.63, 3.8) is 0 Å². The second-order valence-electron chi connectivity index (χ2n) is 38.0. The van der Waals surface area contributed by atoms with E-state index in [9.17, 15) is 0 Å². The summed E-state index contributed by atoms with van der Waals surface area (Å²) in [6.45, 7) is 40.5. The molecule has 1 aliphatic rings. The molecule has 3 nitrogen and oxygen atoms in total. The van der Waals surface area contributed by atoms with Crippen LogP contribution in [0.15, 0.2) is 401 Å². The first-order valence-corrected chi connectivity index (χ1v) is 43.5. The van der Waals surface area contributed by atoms with Crippen molar-refractivity contribution in [2.75, 3.05) is 0 Å². The van der Waals surface area contributed by atoms with Crippen LogP contribution < -0.4 is 9.47 Å². The molecule has 6 heteroatoms. The summed E-state index contributed by atoms with van der Waals surface area (Å²) < 4.78 is 14.2. The summed E-state index contributed by atoms with van der Waals surface area (Å²) >= 11 is 0. The number of rotatable bonds is 13. The Balaban J connectivity index is 0.000000187. The number of ether oxygens (including phenoxy) is 2. The Hall–Kier alpha value is -12.5. The molecule has 2 radical (unpaired) electrons. The van der Waals surface area contributed by atoms with Crippen molar-refractivity contribution in [2.45, 2.75) is 158 Å². The summed E-state index contributed by atoms with van der Waals surface area (Å²) in [5, 5.41) is 1.29. The van der Waals surface area contributed by atoms with Gasteiger partial charge in [0, 0.05) is 51.8 Å². The number of nitrogens with zero attached hydrogens (tertiary/aromatic N) is 1. The molecule has 15 aromatic rings. The van der Waals surface area contributed by atoms with Gasteiger partial charge >= 0.3 is 0 Å². The fraction of sp³-hybridized carbons (Fsp3) is 0.217. The van der Waals surface area contributed by atoms with Gasteiger partial charge in [0.25, 0.3) is 0 Å². The van der Waals surface area contributed by atoms with Crippen LogP contribution in [0.3, 0.4) is 0 Å². The summed E-state index contributed by atoms with van der Waals surface area (Å²) in [6.07, 6.45) is 18.9. The smallest absolute Gasteiger partial charge is 0.128 e. The van der Waals surface area contributed by atoms with Crippen molar-refractivity contribution in [3.8, 4) is 62.1 Å². The first-order valence-electron chi connectivity index (χ1n) is 43.5. The van der Waals surface area contributed by atoms with Crippen molar-refractivity contribution in [3.05, 3.63) is 456 Å². The maximum absolute atomic E-state index is 6.01. The van der Waals surface area contributed by atoms with Crippen LogP contribution in [0, 0.1) is 11.3 Å². The molecule has 0 N–H and O–H groups in total. The molecule has 1 unspecified atom stereocenters. The molecule has 642 valence electrons. The van der Waals surface area contributed by atoms with Crippen molar-refractivity contribution >= 4 is 40.8 Å². The molecule has 16 rings (SSSR count). The molecule has 0 amide bonds. The van der Waals surface area contributed by atoms with Crippen molar-refractivity contribution in [2.24, 2.45) is 11.3 Å². The maximum atomic E-state index is 6.01. The Morgan fingerprint density at radius 1 is 0.278 bits per heavy atom. The van der Waals surface area contributed by atoms with Crippen molar-refractivity contribution < 1.29 is 49.4 Å². The van der Waals surface area contributed by atoms with E-state index < -0.39 is 0 Å². The van der Waals surface area contributed by atoms with E-state index in [1.165, 1.54) is 111 Å². The van der Waals surface area contributed by atoms with E-state index in [4.69, 9.17) is 9.47 Å². The first kappa shape index (κ1) is 98.9. The Morgan fingerprint density at radius 3 is 1.08 bits per heavy atom. The van der Waals surface area contributed by atoms with Crippen LogP contribution in [0.25, 0.3) is 79.8 Å². The molecule has 0 spiro atoms. The summed E-state index contributed by atoms with van der Waals surface area (Å²) in [4.78, 5) is 0. The second kappa shape index (κ2) is 45.9. The van der Waals surface area contributed by atoms with E-state index in [-0.39, 0.29) is 67.0 Å². The molecule has 1 heterocycles. The third kappa shape index (κ3) is 30.4. The van der Waals surface area contributed by atoms with Crippen LogP contribution in [0.4, 0.5) is 0 Å². The van der Waals surface area contributed by atoms with Crippen LogP contribution in [-0.2, 0) is 67.0 Å². The number of hydrogen-bond acceptors (Lipinski definition) is 2. The summed E-state index contributed by atoms with van der Waals surface area (Å²) in [7, 11) is 0. The maximum Gasteiger partial charge on any atom is 0.128 e. The quantitative estimate of drug-likeness (QED) is 0.0848. The Bertz CT molecular complexity index is 5790. The van der Waals surface area contributed by atoms with Crippen LogP contribution >= 0.6 is 0 Å². The average molecular weight is 2170 g/mol. The van der Waals surface area contributed by atoms with Gasteiger partial charge in [0.05, 0.1) is 5.52 Å². The third-order valence-electron chi connectivity index (χ3n) is 21.9. The predicted molar refractivity (Wildman–Crippen MR) is 534 cm³/mol. The second-order valence-corrected chi connectivity index (χ2v) is 38.0. The zero-order valence-electron chi connectivity index (χ0n) is 77.4. The zero-order chi connectivity index (χ0) is 87.6. The average Bonchev–Trinajstić information content (AvgIpc) is 1.64. The minimum absolute atomic E-state index is 0. The number of hydrogen-bond donors (Lipinski definition) is 0. The van der Waals surface area contributed by atoms with E-state index >= 15 is 0 Å². The van der Waals surface area contributed by atoms with Crippen molar-refractivity contribution in [1.82, 2.24) is 4.57 Å². The monoisotopic (exact) mass is 2170 g/mol. The van der Waals surface area contributed by atoms with E-state index in [1.54, 1.807) is 0 Å². The van der Waals surface area contributed by atoms with Crippen LogP contribution in [0.5, 0.6) is 23.0 Å². The standard InChI is InChI=1S/2C22H22O.C22H24.C18H19N.2C18H20.Re.Rf.Rh/c1-22(2,3)19-11-7-9-17(15-19)18-10-8-14-21(16-18)23-20-12-5-4-6-13-20;1-22(2,3)19-10-7-11-21(16-19)23-20-14-12-18(13-15-20)17-8-5-4-6-9-17;1-22(2,3)21-14-8-13-20(16-21)19-12-7-11-18(15-19)17-9-5-4-6-10-17;1-18(2,3)15-10-9-14-11-12-19(17(14)13-15)16-7-5-4-6-8-16;2*1-18(2,3)17-13-11-16(12-14-17)10-9-15-7-5-4-6-8-15;;;/h2*4-16H,1-3H3;4-13,15-16,21H,14H2,1-3H3;4-13H,1-3H3;2*4-14H,1-3H3;;;/b;;;;10-9+;10-9-;;;. The summed E-state index contributed by atoms with van der Waals surface area (Å²) in [5.41, 5.74) is 25.4. The van der Waals surface area contributed by atoms with Gasteiger partial charge in [0.2, 0.25) is 0 Å². The van der Waals surface area contributed by atoms with E-state index in [2.05, 4.69) is 469 Å². The van der Waals surface area contributed by atoms with Gasteiger partial charge in [-0.25, -0.2) is 0 Å². The number of aromatic nitrogens is 1. The fourth-order valence-electron chi connectivity index (χ4n) is 14.1. The molecule has 0 saturated heterocycles. The van der Waals surface area contributed by atoms with Gasteiger partial charge in [-0.2, -0.15) is 0 Å². The summed E-state index contributed by atoms with van der Waals surface area (Å²) in [6, 6.07) is 131. The molecule has 1 aliphatic carbocycles. The van der Waals surface area contributed by atoms with Crippen molar-refractivity contribution in [1.29, 1.82) is 0 Å². The van der Waals surface area contributed by atoms with Gasteiger partial charge < -0.3 is 14.0 Å². The normalized spacial score (nSPS) is 12.5. The van der Waals surface area contributed by atoms with Gasteiger partial charge in [-0.05, 0) is 224 Å². The van der Waals surface area contributed by atoms with Gasteiger partial charge in [-0.1, -0.05) is 464 Å². The van der Waals surface area contributed by atoms with E-state index in [0.29, 0.717) is 11.3 Å². The SMILES string of the molecule is CC(C)(C)C1C=C(c2cccc(-c3ccccc3)c2)C=CC1.CC(C)(C)c1ccc(/C=C/c2ccccc2)cc1.CC(C)(C)c1ccc(/C=C\c2ccccc2)cc1.CC(C)(C)c1ccc2ccn(-c3ccccc3)c2c1.CC(C)(C)c1cccc(-c2cccc(Oc3ccccc3)c2)c1.CC(C)(C)c1cccc(Oc2ccc(-c3ccccc3)cc2)c1.[Re].[Rf].[Rh]. The predicted octanol–water partition coefficient (Wildman–Crippen LogP) is 34.5. The zero-order valence-corrected chi connectivity index (χ0v) is 88.1. The molecule has 0 aliphatic heterocycles. The largest absolute Gasteiger partial charge is 0.457 e. The number of para-hydroxylation sites is 2. The van der Waals surface area contributed by atoms with Gasteiger partial charge in [0.1, 0.15) is 23.0 Å².